The van der Waals surface area contributed by atoms with E-state index in [-0.39, 0.29) is 18.6 Å². The molecular weight excluding hydrogens is 248 g/mol. The normalized spacial score (nSPS) is 26.8. The van der Waals surface area contributed by atoms with Gasteiger partial charge in [0.2, 0.25) is 0 Å². The number of ketones is 1. The summed E-state index contributed by atoms with van der Waals surface area (Å²) in [5.74, 6) is -0.161. The van der Waals surface area contributed by atoms with Crippen molar-refractivity contribution < 1.29 is 24.2 Å². The Labute approximate surface area is 111 Å². The van der Waals surface area contributed by atoms with E-state index < -0.39 is 24.3 Å². The summed E-state index contributed by atoms with van der Waals surface area (Å²) in [6.07, 6.45) is -2.14. The summed E-state index contributed by atoms with van der Waals surface area (Å²) in [4.78, 5) is 22.6. The fourth-order valence-corrected chi connectivity index (χ4v) is 2.08. The molecule has 1 aromatic rings. The Morgan fingerprint density at radius 2 is 2.00 bits per heavy atom. The van der Waals surface area contributed by atoms with Crippen LogP contribution in [0.4, 0.5) is 0 Å². The highest BCUT2D eigenvalue weighted by atomic mass is 16.6. The topological polar surface area (TPSA) is 72.8 Å². The number of hydrogen-bond acceptors (Lipinski definition) is 5. The number of aliphatic hydroxyl groups is 1. The number of hydrogen-bond donors (Lipinski definition) is 1. The number of aliphatic hydroxyl groups excluding tert-OH is 1. The van der Waals surface area contributed by atoms with E-state index in [1.807, 2.05) is 18.2 Å². The number of carbonyl (C=O) groups excluding carboxylic acids is 2. The van der Waals surface area contributed by atoms with Gasteiger partial charge in [0.1, 0.15) is 11.9 Å². The molecule has 5 nitrogen and oxygen atoms in total. The standard InChI is InChI=1S/C14H16O5/c1-9(15)18-13-8-14(12(17)7-11(13)16)19-10-5-3-2-4-6-10/h2-6,12-14,17H,7-8H2,1H3/t12?,13-,14-/m0/s1. The summed E-state index contributed by atoms with van der Waals surface area (Å²) in [7, 11) is 0. The van der Waals surface area contributed by atoms with Crippen LogP contribution in [0.5, 0.6) is 5.75 Å². The van der Waals surface area contributed by atoms with Crippen LogP contribution in [0.25, 0.3) is 0 Å². The monoisotopic (exact) mass is 264 g/mol. The van der Waals surface area contributed by atoms with E-state index in [4.69, 9.17) is 9.47 Å². The van der Waals surface area contributed by atoms with Gasteiger partial charge < -0.3 is 14.6 Å². The minimum atomic E-state index is -0.875. The Hall–Kier alpha value is -1.88. The highest BCUT2D eigenvalue weighted by Gasteiger charge is 2.38. The van der Waals surface area contributed by atoms with Gasteiger partial charge in [-0.1, -0.05) is 18.2 Å². The minimum Gasteiger partial charge on any atom is -0.488 e. The van der Waals surface area contributed by atoms with E-state index >= 15 is 0 Å². The van der Waals surface area contributed by atoms with Gasteiger partial charge in [-0.15, -0.1) is 0 Å². The molecule has 1 unspecified atom stereocenters. The summed E-state index contributed by atoms with van der Waals surface area (Å²) in [5.41, 5.74) is 0. The molecule has 1 saturated carbocycles. The highest BCUT2D eigenvalue weighted by molar-refractivity contribution is 5.86. The van der Waals surface area contributed by atoms with E-state index in [1.54, 1.807) is 12.1 Å². The van der Waals surface area contributed by atoms with Crippen molar-refractivity contribution in [1.29, 1.82) is 0 Å². The highest BCUT2D eigenvalue weighted by Crippen LogP contribution is 2.24. The predicted molar refractivity (Wildman–Crippen MR) is 66.7 cm³/mol. The summed E-state index contributed by atoms with van der Waals surface area (Å²) < 4.78 is 10.6. The molecule has 0 aromatic heterocycles. The SMILES string of the molecule is CC(=O)O[C@H]1C[C@H](Oc2ccccc2)C(O)CC1=O. The number of Topliss-reactive ketones (excluding diaryl/α,β-unsaturated/α-hetero) is 1. The zero-order chi connectivity index (χ0) is 13.8. The van der Waals surface area contributed by atoms with Crippen molar-refractivity contribution in [3.63, 3.8) is 0 Å². The smallest absolute Gasteiger partial charge is 0.303 e. The largest absolute Gasteiger partial charge is 0.488 e. The van der Waals surface area contributed by atoms with E-state index in [0.29, 0.717) is 5.75 Å². The van der Waals surface area contributed by atoms with Gasteiger partial charge in [-0.3, -0.25) is 9.59 Å². The number of esters is 1. The number of benzene rings is 1. The number of para-hydroxylation sites is 1. The molecule has 0 amide bonds. The molecule has 1 N–H and O–H groups in total. The first kappa shape index (κ1) is 13.5. The van der Waals surface area contributed by atoms with Crippen molar-refractivity contribution in [3.05, 3.63) is 30.3 Å². The third-order valence-corrected chi connectivity index (χ3v) is 2.98. The summed E-state index contributed by atoms with van der Waals surface area (Å²) in [5, 5.41) is 9.87. The van der Waals surface area contributed by atoms with Crippen LogP contribution < -0.4 is 4.74 Å². The molecule has 2 rings (SSSR count). The van der Waals surface area contributed by atoms with Gasteiger partial charge >= 0.3 is 5.97 Å². The Balaban J connectivity index is 2.03. The molecule has 19 heavy (non-hydrogen) atoms. The number of carbonyl (C=O) groups is 2. The number of ether oxygens (including phenoxy) is 2. The van der Waals surface area contributed by atoms with Gasteiger partial charge in [-0.05, 0) is 12.1 Å². The lowest BCUT2D eigenvalue weighted by Gasteiger charge is -2.31. The number of rotatable bonds is 3. The summed E-state index contributed by atoms with van der Waals surface area (Å²) >= 11 is 0. The minimum absolute atomic E-state index is 0.0601. The second-order valence-corrected chi connectivity index (χ2v) is 4.54. The maximum absolute atomic E-state index is 11.6. The van der Waals surface area contributed by atoms with Crippen LogP contribution >= 0.6 is 0 Å². The zero-order valence-electron chi connectivity index (χ0n) is 10.6. The lowest BCUT2D eigenvalue weighted by Crippen LogP contribution is -2.46. The Kier molecular flexibility index (Phi) is 4.16. The first-order valence-corrected chi connectivity index (χ1v) is 6.16. The quantitative estimate of drug-likeness (QED) is 0.827. The average molecular weight is 264 g/mol. The van der Waals surface area contributed by atoms with Crippen molar-refractivity contribution in [3.8, 4) is 5.75 Å². The molecular formula is C14H16O5. The first-order valence-electron chi connectivity index (χ1n) is 6.16. The third kappa shape index (κ3) is 3.54. The Morgan fingerprint density at radius 3 is 2.63 bits per heavy atom. The van der Waals surface area contributed by atoms with Gasteiger partial charge in [0, 0.05) is 19.8 Å². The maximum Gasteiger partial charge on any atom is 0.303 e. The molecule has 1 aromatic carbocycles. The second kappa shape index (κ2) is 5.84. The maximum atomic E-state index is 11.6. The van der Waals surface area contributed by atoms with E-state index in [0.717, 1.165) is 0 Å². The van der Waals surface area contributed by atoms with Crippen molar-refractivity contribution in [1.82, 2.24) is 0 Å². The van der Waals surface area contributed by atoms with E-state index in [2.05, 4.69) is 0 Å². The fraction of sp³-hybridized carbons (Fsp3) is 0.429. The second-order valence-electron chi connectivity index (χ2n) is 4.54. The van der Waals surface area contributed by atoms with Crippen LogP contribution in [0.3, 0.4) is 0 Å². The molecule has 0 spiro atoms. The van der Waals surface area contributed by atoms with Gasteiger partial charge in [-0.2, -0.15) is 0 Å². The molecule has 5 heteroatoms. The fourth-order valence-electron chi connectivity index (χ4n) is 2.08. The van der Waals surface area contributed by atoms with Crippen LogP contribution in [0.2, 0.25) is 0 Å². The molecule has 0 saturated heterocycles. The van der Waals surface area contributed by atoms with Crippen molar-refractivity contribution in [2.45, 2.75) is 38.1 Å². The van der Waals surface area contributed by atoms with Gasteiger partial charge in [-0.25, -0.2) is 0 Å². The van der Waals surface area contributed by atoms with Crippen molar-refractivity contribution >= 4 is 11.8 Å². The Morgan fingerprint density at radius 1 is 1.32 bits per heavy atom. The molecule has 0 heterocycles. The molecule has 0 bridgehead atoms. The van der Waals surface area contributed by atoms with Gasteiger partial charge in [0.25, 0.3) is 0 Å². The van der Waals surface area contributed by atoms with Crippen LogP contribution in [0, 0.1) is 0 Å². The van der Waals surface area contributed by atoms with Crippen LogP contribution in [-0.4, -0.2) is 35.2 Å². The lowest BCUT2D eigenvalue weighted by molar-refractivity contribution is -0.160. The van der Waals surface area contributed by atoms with E-state index in [1.165, 1.54) is 6.92 Å². The van der Waals surface area contributed by atoms with Crippen molar-refractivity contribution in [2.24, 2.45) is 0 Å². The molecule has 1 aliphatic carbocycles. The summed E-state index contributed by atoms with van der Waals surface area (Å²) in [6, 6.07) is 9.03. The van der Waals surface area contributed by atoms with Crippen LogP contribution in [-0.2, 0) is 14.3 Å². The molecule has 3 atom stereocenters. The van der Waals surface area contributed by atoms with Gasteiger partial charge in [0.15, 0.2) is 11.9 Å². The molecule has 102 valence electrons. The zero-order valence-corrected chi connectivity index (χ0v) is 10.6. The molecule has 0 radical (unpaired) electrons. The van der Waals surface area contributed by atoms with Crippen LogP contribution in [0.1, 0.15) is 19.8 Å². The third-order valence-electron chi connectivity index (χ3n) is 2.98. The lowest BCUT2D eigenvalue weighted by atomic mass is 9.91. The van der Waals surface area contributed by atoms with E-state index in [9.17, 15) is 14.7 Å². The van der Waals surface area contributed by atoms with Crippen LogP contribution in [0.15, 0.2) is 30.3 Å². The predicted octanol–water partition coefficient (Wildman–Crippen LogP) is 1.09. The first-order chi connectivity index (χ1) is 9.06. The molecule has 1 aliphatic rings. The Bertz CT molecular complexity index is 456. The average Bonchev–Trinajstić information content (AvgIpc) is 2.36. The molecule has 1 fully saturated rings. The molecule has 0 aliphatic heterocycles. The van der Waals surface area contributed by atoms with Gasteiger partial charge in [0.05, 0.1) is 6.10 Å². The van der Waals surface area contributed by atoms with Crippen molar-refractivity contribution in [2.75, 3.05) is 0 Å². The summed E-state index contributed by atoms with van der Waals surface area (Å²) in [6.45, 7) is 1.26.